The van der Waals surface area contributed by atoms with Crippen LogP contribution in [0.2, 0.25) is 0 Å². The van der Waals surface area contributed by atoms with Gasteiger partial charge in [-0.1, -0.05) is 0 Å². The van der Waals surface area contributed by atoms with Gasteiger partial charge in [-0.2, -0.15) is 5.26 Å². The first kappa shape index (κ1) is 12.6. The number of nitrogens with zero attached hydrogens (tertiary/aromatic N) is 4. The minimum absolute atomic E-state index is 0.473. The van der Waals surface area contributed by atoms with Crippen molar-refractivity contribution in [1.82, 2.24) is 9.97 Å². The van der Waals surface area contributed by atoms with Crippen LogP contribution in [0.15, 0.2) is 12.4 Å². The van der Waals surface area contributed by atoms with Crippen LogP contribution in [0.4, 0.5) is 11.6 Å². The van der Waals surface area contributed by atoms with Crippen molar-refractivity contribution in [3.05, 3.63) is 12.4 Å². The molecule has 0 bridgehead atoms. The van der Waals surface area contributed by atoms with Gasteiger partial charge in [0.05, 0.1) is 6.07 Å². The number of nitriles is 1. The molecule has 0 saturated carbocycles. The van der Waals surface area contributed by atoms with E-state index in [2.05, 4.69) is 26.3 Å². The summed E-state index contributed by atoms with van der Waals surface area (Å²) >= 11 is 0. The van der Waals surface area contributed by atoms with Gasteiger partial charge >= 0.3 is 0 Å². The quantitative estimate of drug-likeness (QED) is 0.879. The van der Waals surface area contributed by atoms with E-state index in [4.69, 9.17) is 5.26 Å². The van der Waals surface area contributed by atoms with E-state index in [1.165, 1.54) is 0 Å². The summed E-state index contributed by atoms with van der Waals surface area (Å²) in [5, 5.41) is 12.0. The molecule has 0 radical (unpaired) electrons. The van der Waals surface area contributed by atoms with Crippen LogP contribution in [0, 0.1) is 17.2 Å². The van der Waals surface area contributed by atoms with E-state index in [0.29, 0.717) is 12.3 Å². The molecule has 1 aromatic heterocycles. The molecule has 1 aliphatic heterocycles. The Morgan fingerprint density at radius 3 is 3.22 bits per heavy atom. The van der Waals surface area contributed by atoms with Gasteiger partial charge in [-0.05, 0) is 25.7 Å². The average Bonchev–Trinajstić information content (AvgIpc) is 2.40. The maximum atomic E-state index is 8.79. The highest BCUT2D eigenvalue weighted by Gasteiger charge is 2.20. The summed E-state index contributed by atoms with van der Waals surface area (Å²) in [5.41, 5.74) is 0. The molecule has 2 rings (SSSR count). The summed E-state index contributed by atoms with van der Waals surface area (Å²) in [7, 11) is 0. The van der Waals surface area contributed by atoms with E-state index in [1.807, 2.05) is 13.0 Å². The highest BCUT2D eigenvalue weighted by atomic mass is 15.2. The molecule has 0 amide bonds. The SMILES string of the molecule is CCNc1cc(N2CCCC(CC#N)C2)ncn1. The molecule has 18 heavy (non-hydrogen) atoms. The number of anilines is 2. The van der Waals surface area contributed by atoms with Crippen molar-refractivity contribution in [3.63, 3.8) is 0 Å². The molecule has 1 saturated heterocycles. The second kappa shape index (κ2) is 6.20. The predicted octanol–water partition coefficient (Wildman–Crippen LogP) is 2.04. The van der Waals surface area contributed by atoms with E-state index >= 15 is 0 Å². The zero-order valence-corrected chi connectivity index (χ0v) is 10.8. The van der Waals surface area contributed by atoms with Crippen molar-refractivity contribution in [2.45, 2.75) is 26.2 Å². The van der Waals surface area contributed by atoms with E-state index in [1.54, 1.807) is 6.33 Å². The standard InChI is InChI=1S/C13H19N5/c1-2-15-12-8-13(17-10-16-12)18-7-3-4-11(9-18)5-6-14/h8,10-11H,2-5,7,9H2,1H3,(H,15,16,17). The summed E-state index contributed by atoms with van der Waals surface area (Å²) in [6.45, 7) is 4.85. The Hall–Kier alpha value is -1.83. The second-order valence-electron chi connectivity index (χ2n) is 4.61. The molecule has 1 atom stereocenters. The summed E-state index contributed by atoms with van der Waals surface area (Å²) in [6.07, 6.45) is 4.52. The predicted molar refractivity (Wildman–Crippen MR) is 71.4 cm³/mol. The molecule has 5 nitrogen and oxygen atoms in total. The number of rotatable bonds is 4. The van der Waals surface area contributed by atoms with Gasteiger partial charge in [-0.3, -0.25) is 0 Å². The molecule has 1 aromatic rings. The van der Waals surface area contributed by atoms with Crippen molar-refractivity contribution in [1.29, 1.82) is 5.26 Å². The van der Waals surface area contributed by atoms with Crippen LogP contribution in [0.1, 0.15) is 26.2 Å². The third-order valence-corrected chi connectivity index (χ3v) is 3.23. The maximum Gasteiger partial charge on any atom is 0.134 e. The van der Waals surface area contributed by atoms with Gasteiger partial charge in [0, 0.05) is 32.1 Å². The number of hydrogen-bond donors (Lipinski definition) is 1. The first-order chi connectivity index (χ1) is 8.83. The van der Waals surface area contributed by atoms with Crippen molar-refractivity contribution >= 4 is 11.6 Å². The van der Waals surface area contributed by atoms with Crippen LogP contribution in [0.5, 0.6) is 0 Å². The van der Waals surface area contributed by atoms with Crippen LogP contribution in [-0.2, 0) is 0 Å². The Kier molecular flexibility index (Phi) is 4.35. The van der Waals surface area contributed by atoms with Gasteiger partial charge in [0.25, 0.3) is 0 Å². The molecule has 0 aromatic carbocycles. The van der Waals surface area contributed by atoms with Gasteiger partial charge in [0.1, 0.15) is 18.0 Å². The van der Waals surface area contributed by atoms with Crippen LogP contribution in [0.3, 0.4) is 0 Å². The lowest BCUT2D eigenvalue weighted by atomic mass is 9.95. The van der Waals surface area contributed by atoms with Gasteiger partial charge in [-0.25, -0.2) is 9.97 Å². The first-order valence-corrected chi connectivity index (χ1v) is 6.51. The van der Waals surface area contributed by atoms with Gasteiger partial charge in [0.2, 0.25) is 0 Å². The van der Waals surface area contributed by atoms with Gasteiger partial charge < -0.3 is 10.2 Å². The smallest absolute Gasteiger partial charge is 0.134 e. The lowest BCUT2D eigenvalue weighted by Crippen LogP contribution is -2.35. The minimum Gasteiger partial charge on any atom is -0.370 e. The molecular formula is C13H19N5. The normalized spacial score (nSPS) is 19.3. The molecular weight excluding hydrogens is 226 g/mol. The highest BCUT2D eigenvalue weighted by Crippen LogP contribution is 2.24. The van der Waals surface area contributed by atoms with E-state index in [9.17, 15) is 0 Å². The highest BCUT2D eigenvalue weighted by molar-refractivity contribution is 5.48. The minimum atomic E-state index is 0.473. The molecule has 96 valence electrons. The van der Waals surface area contributed by atoms with Gasteiger partial charge in [0.15, 0.2) is 0 Å². The van der Waals surface area contributed by atoms with E-state index < -0.39 is 0 Å². The fourth-order valence-corrected chi connectivity index (χ4v) is 2.37. The summed E-state index contributed by atoms with van der Waals surface area (Å²) in [5.74, 6) is 2.30. The Labute approximate surface area is 108 Å². The molecule has 1 aliphatic rings. The Balaban J connectivity index is 2.06. The molecule has 1 unspecified atom stereocenters. The van der Waals surface area contributed by atoms with Crippen molar-refractivity contribution in [2.75, 3.05) is 29.9 Å². The van der Waals surface area contributed by atoms with Crippen LogP contribution >= 0.6 is 0 Å². The maximum absolute atomic E-state index is 8.79. The topological polar surface area (TPSA) is 64.8 Å². The van der Waals surface area contributed by atoms with Crippen molar-refractivity contribution in [3.8, 4) is 6.07 Å². The summed E-state index contributed by atoms with van der Waals surface area (Å²) in [6, 6.07) is 4.25. The summed E-state index contributed by atoms with van der Waals surface area (Å²) < 4.78 is 0. The lowest BCUT2D eigenvalue weighted by Gasteiger charge is -2.32. The zero-order valence-electron chi connectivity index (χ0n) is 10.8. The van der Waals surface area contributed by atoms with E-state index in [0.717, 1.165) is 44.1 Å². The fraction of sp³-hybridized carbons (Fsp3) is 0.615. The van der Waals surface area contributed by atoms with Crippen LogP contribution < -0.4 is 10.2 Å². The second-order valence-corrected chi connectivity index (χ2v) is 4.61. The zero-order chi connectivity index (χ0) is 12.8. The van der Waals surface area contributed by atoms with E-state index in [-0.39, 0.29) is 0 Å². The molecule has 1 fully saturated rings. The monoisotopic (exact) mass is 245 g/mol. The molecule has 0 spiro atoms. The Bertz CT molecular complexity index is 426. The number of nitrogens with one attached hydrogen (secondary N) is 1. The van der Waals surface area contributed by atoms with Crippen LogP contribution in [0.25, 0.3) is 0 Å². The molecule has 0 aliphatic carbocycles. The lowest BCUT2D eigenvalue weighted by molar-refractivity contribution is 0.420. The molecule has 1 N–H and O–H groups in total. The van der Waals surface area contributed by atoms with Crippen molar-refractivity contribution < 1.29 is 0 Å². The number of hydrogen-bond acceptors (Lipinski definition) is 5. The third kappa shape index (κ3) is 3.10. The van der Waals surface area contributed by atoms with Crippen LogP contribution in [-0.4, -0.2) is 29.6 Å². The Morgan fingerprint density at radius 1 is 1.56 bits per heavy atom. The molecule has 2 heterocycles. The number of piperidine rings is 1. The first-order valence-electron chi connectivity index (χ1n) is 6.51. The average molecular weight is 245 g/mol. The van der Waals surface area contributed by atoms with Gasteiger partial charge in [-0.15, -0.1) is 0 Å². The third-order valence-electron chi connectivity index (χ3n) is 3.23. The van der Waals surface area contributed by atoms with Crippen molar-refractivity contribution in [2.24, 2.45) is 5.92 Å². The largest absolute Gasteiger partial charge is 0.370 e. The number of aromatic nitrogens is 2. The molecule has 5 heteroatoms. The Morgan fingerprint density at radius 2 is 2.44 bits per heavy atom. The fourth-order valence-electron chi connectivity index (χ4n) is 2.37. The summed E-state index contributed by atoms with van der Waals surface area (Å²) in [4.78, 5) is 10.8.